The van der Waals surface area contributed by atoms with Crippen LogP contribution in [0.2, 0.25) is 0 Å². The number of halogens is 2. The third kappa shape index (κ3) is 3.12. The van der Waals surface area contributed by atoms with Gasteiger partial charge >= 0.3 is 0 Å². The molecule has 0 amide bonds. The van der Waals surface area contributed by atoms with Crippen molar-refractivity contribution in [3.8, 4) is 5.75 Å². The van der Waals surface area contributed by atoms with E-state index in [0.717, 1.165) is 10.0 Å². The van der Waals surface area contributed by atoms with Gasteiger partial charge in [0.25, 0.3) is 0 Å². The molecule has 0 bridgehead atoms. The SMILES string of the molecule is Cc1cc(Br)ccc1OC1OC(CO)C(O)C(O)C1F. The highest BCUT2D eigenvalue weighted by Gasteiger charge is 2.46. The monoisotopic (exact) mass is 350 g/mol. The van der Waals surface area contributed by atoms with E-state index in [1.807, 2.05) is 0 Å². The molecule has 0 radical (unpaired) electrons. The molecule has 1 aromatic rings. The van der Waals surface area contributed by atoms with Gasteiger partial charge in [-0.3, -0.25) is 0 Å². The number of aryl methyl sites for hydroxylation is 1. The van der Waals surface area contributed by atoms with Crippen molar-refractivity contribution in [2.45, 2.75) is 37.7 Å². The second-order valence-electron chi connectivity index (χ2n) is 4.68. The molecule has 1 heterocycles. The Morgan fingerprint density at radius 2 is 2.05 bits per heavy atom. The number of benzene rings is 1. The van der Waals surface area contributed by atoms with Crippen molar-refractivity contribution < 1.29 is 29.2 Å². The van der Waals surface area contributed by atoms with Crippen LogP contribution in [0.15, 0.2) is 22.7 Å². The second-order valence-corrected chi connectivity index (χ2v) is 5.59. The van der Waals surface area contributed by atoms with Gasteiger partial charge in [0.05, 0.1) is 6.61 Å². The van der Waals surface area contributed by atoms with Crippen LogP contribution in [0.25, 0.3) is 0 Å². The Bertz CT molecular complexity index is 470. The van der Waals surface area contributed by atoms with Crippen LogP contribution in [0, 0.1) is 6.92 Å². The van der Waals surface area contributed by atoms with Crippen LogP contribution < -0.4 is 4.74 Å². The lowest BCUT2D eigenvalue weighted by Gasteiger charge is -2.38. The van der Waals surface area contributed by atoms with Crippen LogP contribution in [-0.2, 0) is 4.74 Å². The highest BCUT2D eigenvalue weighted by molar-refractivity contribution is 9.10. The molecule has 0 aliphatic carbocycles. The van der Waals surface area contributed by atoms with Crippen molar-refractivity contribution in [1.82, 2.24) is 0 Å². The summed E-state index contributed by atoms with van der Waals surface area (Å²) in [5, 5.41) is 28.2. The fourth-order valence-electron chi connectivity index (χ4n) is 2.01. The average molecular weight is 351 g/mol. The number of ether oxygens (including phenoxy) is 2. The smallest absolute Gasteiger partial charge is 0.234 e. The van der Waals surface area contributed by atoms with Crippen LogP contribution in [0.1, 0.15) is 5.56 Å². The molecule has 112 valence electrons. The van der Waals surface area contributed by atoms with E-state index < -0.39 is 37.4 Å². The zero-order chi connectivity index (χ0) is 14.9. The van der Waals surface area contributed by atoms with E-state index in [1.54, 1.807) is 25.1 Å². The van der Waals surface area contributed by atoms with Gasteiger partial charge in [0.2, 0.25) is 6.29 Å². The largest absolute Gasteiger partial charge is 0.461 e. The first-order chi connectivity index (χ1) is 9.43. The maximum absolute atomic E-state index is 13.9. The summed E-state index contributed by atoms with van der Waals surface area (Å²) in [5.41, 5.74) is 0.760. The molecule has 3 N–H and O–H groups in total. The molecular weight excluding hydrogens is 335 g/mol. The lowest BCUT2D eigenvalue weighted by atomic mass is 10.0. The van der Waals surface area contributed by atoms with Gasteiger partial charge in [-0.2, -0.15) is 0 Å². The lowest BCUT2D eigenvalue weighted by molar-refractivity contribution is -0.262. The summed E-state index contributed by atoms with van der Waals surface area (Å²) < 4.78 is 25.4. The molecule has 5 unspecified atom stereocenters. The first kappa shape index (κ1) is 15.7. The predicted molar refractivity (Wildman–Crippen MR) is 72.2 cm³/mol. The zero-order valence-electron chi connectivity index (χ0n) is 10.7. The summed E-state index contributed by atoms with van der Waals surface area (Å²) in [6.45, 7) is 1.25. The van der Waals surface area contributed by atoms with E-state index in [4.69, 9.17) is 14.6 Å². The maximum atomic E-state index is 13.9. The summed E-state index contributed by atoms with van der Waals surface area (Å²) in [7, 11) is 0. The van der Waals surface area contributed by atoms with E-state index in [1.165, 1.54) is 0 Å². The summed E-state index contributed by atoms with van der Waals surface area (Å²) in [6, 6.07) is 5.16. The van der Waals surface area contributed by atoms with E-state index in [0.29, 0.717) is 5.75 Å². The minimum Gasteiger partial charge on any atom is -0.461 e. The van der Waals surface area contributed by atoms with E-state index in [2.05, 4.69) is 15.9 Å². The highest BCUT2D eigenvalue weighted by Crippen LogP contribution is 2.29. The topological polar surface area (TPSA) is 79.2 Å². The van der Waals surface area contributed by atoms with Gasteiger partial charge in [-0.1, -0.05) is 15.9 Å². The van der Waals surface area contributed by atoms with Crippen LogP contribution in [-0.4, -0.2) is 52.7 Å². The fourth-order valence-corrected chi connectivity index (χ4v) is 2.49. The number of rotatable bonds is 3. The Labute approximate surface area is 124 Å². The molecule has 2 rings (SSSR count). The normalized spacial score (nSPS) is 34.0. The van der Waals surface area contributed by atoms with Gasteiger partial charge in [-0.05, 0) is 30.7 Å². The molecule has 1 aliphatic rings. The van der Waals surface area contributed by atoms with Gasteiger partial charge in [-0.25, -0.2) is 4.39 Å². The minimum atomic E-state index is -1.91. The van der Waals surface area contributed by atoms with Gasteiger partial charge in [0.15, 0.2) is 6.17 Å². The predicted octanol–water partition coefficient (Wildman–Crippen LogP) is 0.913. The van der Waals surface area contributed by atoms with Crippen molar-refractivity contribution in [1.29, 1.82) is 0 Å². The van der Waals surface area contributed by atoms with Gasteiger partial charge in [0.1, 0.15) is 24.1 Å². The van der Waals surface area contributed by atoms with Crippen molar-refractivity contribution in [2.24, 2.45) is 0 Å². The van der Waals surface area contributed by atoms with Crippen molar-refractivity contribution in [3.05, 3.63) is 28.2 Å². The molecule has 0 aromatic heterocycles. The molecule has 7 heteroatoms. The van der Waals surface area contributed by atoms with Crippen LogP contribution >= 0.6 is 15.9 Å². The number of aliphatic hydroxyl groups excluding tert-OH is 3. The molecular formula is C13H16BrFO5. The third-order valence-electron chi connectivity index (χ3n) is 3.19. The number of hydrogen-bond acceptors (Lipinski definition) is 5. The lowest BCUT2D eigenvalue weighted by Crippen LogP contribution is -2.58. The van der Waals surface area contributed by atoms with Crippen molar-refractivity contribution in [2.75, 3.05) is 6.61 Å². The Morgan fingerprint density at radius 3 is 2.65 bits per heavy atom. The van der Waals surface area contributed by atoms with Gasteiger partial charge in [0, 0.05) is 4.47 Å². The van der Waals surface area contributed by atoms with Crippen LogP contribution in [0.3, 0.4) is 0 Å². The molecule has 1 fully saturated rings. The molecule has 20 heavy (non-hydrogen) atoms. The Morgan fingerprint density at radius 1 is 1.35 bits per heavy atom. The Balaban J connectivity index is 2.15. The molecule has 1 saturated heterocycles. The standard InChI is InChI=1S/C13H16BrFO5/c1-6-4-7(14)2-3-8(6)19-13-10(15)12(18)11(17)9(5-16)20-13/h2-4,9-13,16-18H,5H2,1H3. The van der Waals surface area contributed by atoms with E-state index >= 15 is 0 Å². The maximum Gasteiger partial charge on any atom is 0.234 e. The average Bonchev–Trinajstić information content (AvgIpc) is 2.42. The van der Waals surface area contributed by atoms with E-state index in [9.17, 15) is 14.6 Å². The van der Waals surface area contributed by atoms with E-state index in [-0.39, 0.29) is 0 Å². The summed E-state index contributed by atoms with van der Waals surface area (Å²) >= 11 is 3.30. The first-order valence-corrected chi connectivity index (χ1v) is 6.92. The molecule has 1 aromatic carbocycles. The molecule has 0 spiro atoms. The van der Waals surface area contributed by atoms with Crippen LogP contribution in [0.5, 0.6) is 5.75 Å². The summed E-state index contributed by atoms with van der Waals surface area (Å²) in [6.07, 6.45) is -7.53. The summed E-state index contributed by atoms with van der Waals surface area (Å²) in [5.74, 6) is 0.404. The molecule has 5 nitrogen and oxygen atoms in total. The van der Waals surface area contributed by atoms with Gasteiger partial charge < -0.3 is 24.8 Å². The molecule has 1 aliphatic heterocycles. The minimum absolute atomic E-state index is 0.404. The van der Waals surface area contributed by atoms with Crippen LogP contribution in [0.4, 0.5) is 4.39 Å². The summed E-state index contributed by atoms with van der Waals surface area (Å²) in [4.78, 5) is 0. The molecule has 0 saturated carbocycles. The zero-order valence-corrected chi connectivity index (χ0v) is 12.3. The first-order valence-electron chi connectivity index (χ1n) is 6.13. The number of aliphatic hydroxyl groups is 3. The Kier molecular flexibility index (Phi) is 4.98. The van der Waals surface area contributed by atoms with Crippen molar-refractivity contribution >= 4 is 15.9 Å². The van der Waals surface area contributed by atoms with Gasteiger partial charge in [-0.15, -0.1) is 0 Å². The fraction of sp³-hybridized carbons (Fsp3) is 0.538. The highest BCUT2D eigenvalue weighted by atomic mass is 79.9. The molecule has 5 atom stereocenters. The number of alkyl halides is 1. The Hall–Kier alpha value is -0.730. The quantitative estimate of drug-likeness (QED) is 0.755. The number of hydrogen-bond donors (Lipinski definition) is 3. The third-order valence-corrected chi connectivity index (χ3v) is 3.68. The second kappa shape index (κ2) is 6.36. The van der Waals surface area contributed by atoms with Crippen molar-refractivity contribution in [3.63, 3.8) is 0 Å².